The van der Waals surface area contributed by atoms with Crippen LogP contribution in [0.3, 0.4) is 0 Å². The van der Waals surface area contributed by atoms with Gasteiger partial charge in [-0.3, -0.25) is 4.79 Å². The Bertz CT molecular complexity index is 712. The lowest BCUT2D eigenvalue weighted by Gasteiger charge is -2.11. The van der Waals surface area contributed by atoms with E-state index >= 15 is 0 Å². The van der Waals surface area contributed by atoms with E-state index in [0.29, 0.717) is 26.2 Å². The van der Waals surface area contributed by atoms with Crippen molar-refractivity contribution >= 4 is 50.9 Å². The molecular formula is C14H11BrClFN2OS. The van der Waals surface area contributed by atoms with Gasteiger partial charge in [0.25, 0.3) is 5.91 Å². The molecule has 0 fully saturated rings. The molecule has 0 saturated carbocycles. The fourth-order valence-electron chi connectivity index (χ4n) is 1.74. The Morgan fingerprint density at radius 2 is 2.19 bits per heavy atom. The molecule has 0 aliphatic carbocycles. The smallest absolute Gasteiger partial charge is 0.259 e. The van der Waals surface area contributed by atoms with Crippen LogP contribution in [0.25, 0.3) is 0 Å². The van der Waals surface area contributed by atoms with E-state index in [9.17, 15) is 9.18 Å². The maximum Gasteiger partial charge on any atom is 0.259 e. The van der Waals surface area contributed by atoms with E-state index in [0.717, 1.165) is 0 Å². The second-order valence-electron chi connectivity index (χ2n) is 4.20. The van der Waals surface area contributed by atoms with Gasteiger partial charge in [0.2, 0.25) is 0 Å². The Kier molecular flexibility index (Phi) is 5.24. The lowest BCUT2D eigenvalue weighted by atomic mass is 10.1. The highest BCUT2D eigenvalue weighted by molar-refractivity contribution is 9.10. The number of anilines is 1. The predicted octanol–water partition coefficient (Wildman–Crippen LogP) is 4.92. The molecule has 0 atom stereocenters. The summed E-state index contributed by atoms with van der Waals surface area (Å²) in [4.78, 5) is 16.7. The van der Waals surface area contributed by atoms with Crippen molar-refractivity contribution in [3.05, 3.63) is 51.0 Å². The van der Waals surface area contributed by atoms with Crippen molar-refractivity contribution in [1.29, 1.82) is 0 Å². The van der Waals surface area contributed by atoms with Crippen LogP contribution in [0, 0.1) is 12.7 Å². The normalized spacial score (nSPS) is 10.5. The van der Waals surface area contributed by atoms with Gasteiger partial charge in [0.15, 0.2) is 0 Å². The van der Waals surface area contributed by atoms with Crippen LogP contribution in [-0.4, -0.2) is 17.1 Å². The minimum atomic E-state index is -0.384. The number of halogens is 3. The summed E-state index contributed by atoms with van der Waals surface area (Å²) in [5.74, 6) is -0.705. The molecule has 0 unspecified atom stereocenters. The first kappa shape index (κ1) is 16.3. The highest BCUT2D eigenvalue weighted by Gasteiger charge is 2.17. The number of benzene rings is 1. The summed E-state index contributed by atoms with van der Waals surface area (Å²) in [5.41, 5.74) is 1.49. The van der Waals surface area contributed by atoms with E-state index in [-0.39, 0.29) is 16.9 Å². The van der Waals surface area contributed by atoms with Gasteiger partial charge in [0.1, 0.15) is 11.0 Å². The van der Waals surface area contributed by atoms with Gasteiger partial charge in [-0.15, -0.1) is 11.8 Å². The zero-order valence-electron chi connectivity index (χ0n) is 11.2. The Morgan fingerprint density at radius 1 is 1.48 bits per heavy atom. The van der Waals surface area contributed by atoms with Gasteiger partial charge in [-0.05, 0) is 52.9 Å². The molecule has 1 aromatic carbocycles. The van der Waals surface area contributed by atoms with Crippen LogP contribution in [0.2, 0.25) is 5.15 Å². The van der Waals surface area contributed by atoms with E-state index in [1.54, 1.807) is 19.2 Å². The van der Waals surface area contributed by atoms with Gasteiger partial charge >= 0.3 is 0 Å². The number of hydrogen-bond donors (Lipinski definition) is 1. The van der Waals surface area contributed by atoms with E-state index in [4.69, 9.17) is 11.6 Å². The number of aromatic nitrogens is 1. The molecule has 3 nitrogen and oxygen atoms in total. The third-order valence-corrected chi connectivity index (χ3v) is 4.71. The molecule has 1 heterocycles. The summed E-state index contributed by atoms with van der Waals surface area (Å²) in [5, 5.41) is 2.83. The van der Waals surface area contributed by atoms with E-state index in [1.165, 1.54) is 30.1 Å². The standard InChI is InChI=1S/C14H11BrClFN2OS/c1-7-9(15)6-18-13(16)12(7)14(20)19-8-3-4-10(17)11(5-8)21-2/h3-6H,1-2H3,(H,19,20). The molecule has 2 aromatic rings. The number of amides is 1. The zero-order valence-corrected chi connectivity index (χ0v) is 14.4. The third kappa shape index (κ3) is 3.56. The number of nitrogens with zero attached hydrogens (tertiary/aromatic N) is 1. The molecular weight excluding hydrogens is 379 g/mol. The molecule has 1 amide bonds. The average molecular weight is 390 g/mol. The fourth-order valence-corrected chi connectivity index (χ4v) is 2.83. The molecule has 110 valence electrons. The molecule has 1 aromatic heterocycles. The number of hydrogen-bond acceptors (Lipinski definition) is 3. The summed E-state index contributed by atoms with van der Waals surface area (Å²) >= 11 is 10.6. The summed E-state index contributed by atoms with van der Waals surface area (Å²) < 4.78 is 14.1. The maximum absolute atomic E-state index is 13.4. The Morgan fingerprint density at radius 3 is 2.86 bits per heavy atom. The number of rotatable bonds is 3. The minimum absolute atomic E-state index is 0.125. The molecule has 0 radical (unpaired) electrons. The van der Waals surface area contributed by atoms with Gasteiger partial charge in [0, 0.05) is 21.3 Å². The van der Waals surface area contributed by atoms with Gasteiger partial charge in [0.05, 0.1) is 5.56 Å². The fraction of sp³-hybridized carbons (Fsp3) is 0.143. The van der Waals surface area contributed by atoms with Crippen LogP contribution < -0.4 is 5.32 Å². The SMILES string of the molecule is CSc1cc(NC(=O)c2c(Cl)ncc(Br)c2C)ccc1F. The second-order valence-corrected chi connectivity index (χ2v) is 6.26. The molecule has 0 saturated heterocycles. The molecule has 7 heteroatoms. The molecule has 21 heavy (non-hydrogen) atoms. The van der Waals surface area contributed by atoms with Crippen LogP contribution in [-0.2, 0) is 0 Å². The van der Waals surface area contributed by atoms with Crippen molar-refractivity contribution in [3.63, 3.8) is 0 Å². The molecule has 0 aliphatic heterocycles. The van der Waals surface area contributed by atoms with Crippen molar-refractivity contribution in [2.75, 3.05) is 11.6 Å². The van der Waals surface area contributed by atoms with Crippen molar-refractivity contribution in [2.45, 2.75) is 11.8 Å². The predicted molar refractivity (Wildman–Crippen MR) is 87.8 cm³/mol. The van der Waals surface area contributed by atoms with Crippen LogP contribution >= 0.6 is 39.3 Å². The minimum Gasteiger partial charge on any atom is -0.322 e. The summed E-state index contributed by atoms with van der Waals surface area (Å²) in [6.07, 6.45) is 3.31. The van der Waals surface area contributed by atoms with Crippen molar-refractivity contribution in [2.24, 2.45) is 0 Å². The Hall–Kier alpha value is -1.11. The third-order valence-electron chi connectivity index (χ3n) is 2.87. The van der Waals surface area contributed by atoms with Gasteiger partial charge in [-0.1, -0.05) is 11.6 Å². The van der Waals surface area contributed by atoms with Crippen molar-refractivity contribution < 1.29 is 9.18 Å². The van der Waals surface area contributed by atoms with Crippen LogP contribution in [0.1, 0.15) is 15.9 Å². The molecule has 1 N–H and O–H groups in total. The number of pyridine rings is 1. The van der Waals surface area contributed by atoms with Crippen LogP contribution in [0.5, 0.6) is 0 Å². The maximum atomic E-state index is 13.4. The van der Waals surface area contributed by atoms with Gasteiger partial charge in [-0.2, -0.15) is 0 Å². The first-order chi connectivity index (χ1) is 9.93. The number of carbonyl (C=O) groups excluding carboxylic acids is 1. The summed E-state index contributed by atoms with van der Waals surface area (Å²) in [6, 6.07) is 4.39. The highest BCUT2D eigenvalue weighted by Crippen LogP contribution is 2.27. The first-order valence-corrected chi connectivity index (χ1v) is 8.29. The van der Waals surface area contributed by atoms with E-state index in [1.807, 2.05) is 0 Å². The Labute approximate surface area is 139 Å². The monoisotopic (exact) mass is 388 g/mol. The lowest BCUT2D eigenvalue weighted by molar-refractivity contribution is 0.102. The molecule has 2 rings (SSSR count). The summed E-state index contributed by atoms with van der Waals surface area (Å²) in [7, 11) is 0. The zero-order chi connectivity index (χ0) is 15.6. The quantitative estimate of drug-likeness (QED) is 0.598. The van der Waals surface area contributed by atoms with Crippen LogP contribution in [0.4, 0.5) is 10.1 Å². The second kappa shape index (κ2) is 6.77. The first-order valence-electron chi connectivity index (χ1n) is 5.89. The van der Waals surface area contributed by atoms with Crippen molar-refractivity contribution in [3.8, 4) is 0 Å². The Balaban J connectivity index is 2.33. The number of carbonyl (C=O) groups is 1. The number of nitrogens with one attached hydrogen (secondary N) is 1. The highest BCUT2D eigenvalue weighted by atomic mass is 79.9. The topological polar surface area (TPSA) is 42.0 Å². The van der Waals surface area contributed by atoms with Crippen molar-refractivity contribution in [1.82, 2.24) is 4.98 Å². The number of thioether (sulfide) groups is 1. The van der Waals surface area contributed by atoms with Gasteiger partial charge in [-0.25, -0.2) is 9.37 Å². The summed E-state index contributed by atoms with van der Waals surface area (Å²) in [6.45, 7) is 1.77. The largest absolute Gasteiger partial charge is 0.322 e. The van der Waals surface area contributed by atoms with E-state index in [2.05, 4.69) is 26.2 Å². The van der Waals surface area contributed by atoms with Gasteiger partial charge < -0.3 is 5.32 Å². The molecule has 0 bridgehead atoms. The van der Waals surface area contributed by atoms with Crippen LogP contribution in [0.15, 0.2) is 33.8 Å². The lowest BCUT2D eigenvalue weighted by Crippen LogP contribution is -2.15. The average Bonchev–Trinajstić information content (AvgIpc) is 2.45. The molecule has 0 spiro atoms. The molecule has 0 aliphatic rings. The van der Waals surface area contributed by atoms with E-state index < -0.39 is 0 Å².